The van der Waals surface area contributed by atoms with Crippen molar-refractivity contribution in [3.8, 4) is 0 Å². The quantitative estimate of drug-likeness (QED) is 0.659. The van der Waals surface area contributed by atoms with Crippen LogP contribution in [0.15, 0.2) is 24.3 Å². The van der Waals surface area contributed by atoms with Crippen LogP contribution in [0.1, 0.15) is 0 Å². The molecule has 3 N–H and O–H groups in total. The SMILES string of the molecule is OCCNC(=S)Nc1ccc(F)cc1. The van der Waals surface area contributed by atoms with E-state index in [2.05, 4.69) is 10.6 Å². The summed E-state index contributed by atoms with van der Waals surface area (Å²) in [4.78, 5) is 0. The van der Waals surface area contributed by atoms with Crippen LogP contribution >= 0.6 is 12.2 Å². The third-order valence-electron chi connectivity index (χ3n) is 1.50. The van der Waals surface area contributed by atoms with Crippen molar-refractivity contribution in [2.45, 2.75) is 0 Å². The topological polar surface area (TPSA) is 44.3 Å². The zero-order chi connectivity index (χ0) is 10.4. The van der Waals surface area contributed by atoms with E-state index in [9.17, 15) is 4.39 Å². The number of rotatable bonds is 3. The van der Waals surface area contributed by atoms with Gasteiger partial charge in [0.15, 0.2) is 5.11 Å². The van der Waals surface area contributed by atoms with Crippen LogP contribution in [0.3, 0.4) is 0 Å². The molecule has 14 heavy (non-hydrogen) atoms. The molecule has 0 fully saturated rings. The molecule has 1 rings (SSSR count). The first-order valence-electron chi connectivity index (χ1n) is 4.13. The van der Waals surface area contributed by atoms with E-state index >= 15 is 0 Å². The zero-order valence-corrected chi connectivity index (χ0v) is 8.27. The predicted molar refractivity (Wildman–Crippen MR) is 57.7 cm³/mol. The molecule has 0 bridgehead atoms. The molecule has 0 heterocycles. The Balaban J connectivity index is 2.44. The van der Waals surface area contributed by atoms with Crippen LogP contribution in [0.5, 0.6) is 0 Å². The molecule has 76 valence electrons. The average Bonchev–Trinajstić information content (AvgIpc) is 2.18. The van der Waals surface area contributed by atoms with Crippen molar-refractivity contribution in [1.29, 1.82) is 0 Å². The number of aliphatic hydroxyl groups is 1. The van der Waals surface area contributed by atoms with Crippen LogP contribution < -0.4 is 10.6 Å². The lowest BCUT2D eigenvalue weighted by atomic mass is 10.3. The number of anilines is 1. The van der Waals surface area contributed by atoms with Gasteiger partial charge >= 0.3 is 0 Å². The van der Waals surface area contributed by atoms with Crippen LogP contribution in [0, 0.1) is 5.82 Å². The summed E-state index contributed by atoms with van der Waals surface area (Å²) in [5.41, 5.74) is 0.710. The fourth-order valence-electron chi connectivity index (χ4n) is 0.878. The fraction of sp³-hybridized carbons (Fsp3) is 0.222. The Labute approximate surface area is 86.9 Å². The van der Waals surface area contributed by atoms with Crippen molar-refractivity contribution in [2.24, 2.45) is 0 Å². The first kappa shape index (κ1) is 10.9. The van der Waals surface area contributed by atoms with Gasteiger partial charge in [-0.3, -0.25) is 0 Å². The van der Waals surface area contributed by atoms with E-state index in [1.165, 1.54) is 12.1 Å². The summed E-state index contributed by atoms with van der Waals surface area (Å²) >= 11 is 4.91. The summed E-state index contributed by atoms with van der Waals surface area (Å²) < 4.78 is 12.5. The first-order chi connectivity index (χ1) is 6.72. The minimum atomic E-state index is -0.287. The number of nitrogens with one attached hydrogen (secondary N) is 2. The second-order valence-corrected chi connectivity index (χ2v) is 3.02. The molecular formula is C9H11FN2OS. The van der Waals surface area contributed by atoms with Crippen LogP contribution in [0.4, 0.5) is 10.1 Å². The molecule has 0 aliphatic carbocycles. The molecule has 5 heteroatoms. The van der Waals surface area contributed by atoms with E-state index in [0.717, 1.165) is 0 Å². The van der Waals surface area contributed by atoms with Gasteiger partial charge in [-0.1, -0.05) is 0 Å². The van der Waals surface area contributed by atoms with Gasteiger partial charge in [0.1, 0.15) is 5.82 Å². The maximum absolute atomic E-state index is 12.5. The van der Waals surface area contributed by atoms with Crippen LogP contribution in [-0.4, -0.2) is 23.4 Å². The maximum atomic E-state index is 12.5. The van der Waals surface area contributed by atoms with E-state index < -0.39 is 0 Å². The lowest BCUT2D eigenvalue weighted by Crippen LogP contribution is -2.30. The summed E-state index contributed by atoms with van der Waals surface area (Å²) in [5.74, 6) is -0.287. The molecule has 0 saturated heterocycles. The van der Waals surface area contributed by atoms with Crippen LogP contribution in [-0.2, 0) is 0 Å². The summed E-state index contributed by atoms with van der Waals surface area (Å²) in [7, 11) is 0. The van der Waals surface area contributed by atoms with Gasteiger partial charge in [0.25, 0.3) is 0 Å². The van der Waals surface area contributed by atoms with Gasteiger partial charge < -0.3 is 15.7 Å². The first-order valence-corrected chi connectivity index (χ1v) is 4.54. The second-order valence-electron chi connectivity index (χ2n) is 2.61. The van der Waals surface area contributed by atoms with Crippen molar-refractivity contribution >= 4 is 23.0 Å². The normalized spacial score (nSPS) is 9.57. The van der Waals surface area contributed by atoms with E-state index in [1.54, 1.807) is 12.1 Å². The summed E-state index contributed by atoms with van der Waals surface area (Å²) in [6.45, 7) is 0.415. The molecule has 1 aromatic rings. The number of hydrogen-bond acceptors (Lipinski definition) is 2. The molecule has 0 amide bonds. The highest BCUT2D eigenvalue weighted by molar-refractivity contribution is 7.80. The fourth-order valence-corrected chi connectivity index (χ4v) is 1.10. The third kappa shape index (κ3) is 3.68. The van der Waals surface area contributed by atoms with Gasteiger partial charge in [0, 0.05) is 12.2 Å². The molecule has 0 saturated carbocycles. The number of halogens is 1. The molecule has 0 aliphatic heterocycles. The van der Waals surface area contributed by atoms with E-state index in [4.69, 9.17) is 17.3 Å². The van der Waals surface area contributed by atoms with Gasteiger partial charge in [0.05, 0.1) is 6.61 Å². The smallest absolute Gasteiger partial charge is 0.170 e. The largest absolute Gasteiger partial charge is 0.395 e. The van der Waals surface area contributed by atoms with Gasteiger partial charge in [-0.2, -0.15) is 0 Å². The van der Waals surface area contributed by atoms with Gasteiger partial charge in [0.2, 0.25) is 0 Å². The molecule has 3 nitrogen and oxygen atoms in total. The predicted octanol–water partition coefficient (Wildman–Crippen LogP) is 1.10. The highest BCUT2D eigenvalue weighted by Gasteiger charge is 1.96. The van der Waals surface area contributed by atoms with Gasteiger partial charge in [-0.25, -0.2) is 4.39 Å². The number of benzene rings is 1. The lowest BCUT2D eigenvalue weighted by molar-refractivity contribution is 0.301. The molecule has 0 spiro atoms. The Kier molecular flexibility index (Phi) is 4.28. The second kappa shape index (κ2) is 5.51. The molecule has 0 atom stereocenters. The van der Waals surface area contributed by atoms with Gasteiger partial charge in [-0.15, -0.1) is 0 Å². The zero-order valence-electron chi connectivity index (χ0n) is 7.46. The third-order valence-corrected chi connectivity index (χ3v) is 1.75. The number of thiocarbonyl (C=S) groups is 1. The maximum Gasteiger partial charge on any atom is 0.170 e. The minimum Gasteiger partial charge on any atom is -0.395 e. The molecule has 0 aromatic heterocycles. The Bertz CT molecular complexity index is 302. The monoisotopic (exact) mass is 214 g/mol. The highest BCUT2D eigenvalue weighted by Crippen LogP contribution is 2.07. The van der Waals surface area contributed by atoms with Crippen molar-refractivity contribution in [2.75, 3.05) is 18.5 Å². The minimum absolute atomic E-state index is 0.0191. The Morgan fingerprint density at radius 2 is 2.00 bits per heavy atom. The molecular weight excluding hydrogens is 203 g/mol. The van der Waals surface area contributed by atoms with E-state index in [-0.39, 0.29) is 12.4 Å². The van der Waals surface area contributed by atoms with E-state index in [1.807, 2.05) is 0 Å². The van der Waals surface area contributed by atoms with Crippen molar-refractivity contribution < 1.29 is 9.50 Å². The van der Waals surface area contributed by atoms with Crippen molar-refractivity contribution in [3.63, 3.8) is 0 Å². The molecule has 0 radical (unpaired) electrons. The Morgan fingerprint density at radius 3 is 2.57 bits per heavy atom. The molecule has 1 aromatic carbocycles. The molecule has 0 unspecified atom stereocenters. The standard InChI is InChI=1S/C9H11FN2OS/c10-7-1-3-8(4-2-7)12-9(14)11-5-6-13/h1-4,13H,5-6H2,(H2,11,12,14). The lowest BCUT2D eigenvalue weighted by Gasteiger charge is -2.08. The van der Waals surface area contributed by atoms with Crippen molar-refractivity contribution in [3.05, 3.63) is 30.1 Å². The van der Waals surface area contributed by atoms with Crippen molar-refractivity contribution in [1.82, 2.24) is 5.32 Å². The van der Waals surface area contributed by atoms with Crippen LogP contribution in [0.2, 0.25) is 0 Å². The Hall–Kier alpha value is -1.20. The van der Waals surface area contributed by atoms with Crippen LogP contribution in [0.25, 0.3) is 0 Å². The summed E-state index contributed by atoms with van der Waals surface area (Å²) in [5, 5.41) is 14.5. The highest BCUT2D eigenvalue weighted by atomic mass is 32.1. The average molecular weight is 214 g/mol. The summed E-state index contributed by atoms with van der Waals surface area (Å²) in [6.07, 6.45) is 0. The number of aliphatic hydroxyl groups excluding tert-OH is 1. The summed E-state index contributed by atoms with van der Waals surface area (Å²) in [6, 6.07) is 5.86. The Morgan fingerprint density at radius 1 is 1.36 bits per heavy atom. The molecule has 0 aliphatic rings. The van der Waals surface area contributed by atoms with E-state index in [0.29, 0.717) is 17.3 Å². The van der Waals surface area contributed by atoms with Gasteiger partial charge in [-0.05, 0) is 36.5 Å². The number of hydrogen-bond donors (Lipinski definition) is 3.